The van der Waals surface area contributed by atoms with Gasteiger partial charge in [0, 0.05) is 23.4 Å². The third-order valence-corrected chi connectivity index (χ3v) is 6.15. The first-order chi connectivity index (χ1) is 14.1. The average molecular weight is 408 g/mol. The molecule has 0 atom stereocenters. The molecule has 1 aromatic carbocycles. The van der Waals surface area contributed by atoms with Crippen LogP contribution in [0.2, 0.25) is 0 Å². The van der Waals surface area contributed by atoms with Gasteiger partial charge in [0.25, 0.3) is 5.17 Å². The predicted octanol–water partition coefficient (Wildman–Crippen LogP) is 2.52. The van der Waals surface area contributed by atoms with Gasteiger partial charge in [-0.3, -0.25) is 10.4 Å². The number of amidine groups is 1. The Morgan fingerprint density at radius 2 is 1.97 bits per heavy atom. The molecule has 148 valence electrons. The van der Waals surface area contributed by atoms with E-state index < -0.39 is 0 Å². The number of thioether (sulfide) groups is 1. The lowest BCUT2D eigenvalue weighted by Crippen LogP contribution is -2.81. The molecule has 0 saturated heterocycles. The van der Waals surface area contributed by atoms with Crippen LogP contribution in [0.3, 0.4) is 0 Å². The van der Waals surface area contributed by atoms with Gasteiger partial charge in [0.05, 0.1) is 35.8 Å². The largest absolute Gasteiger partial charge is 0.496 e. The fourth-order valence-corrected chi connectivity index (χ4v) is 4.55. The van der Waals surface area contributed by atoms with Gasteiger partial charge in [-0.1, -0.05) is 31.0 Å². The van der Waals surface area contributed by atoms with Gasteiger partial charge in [0.1, 0.15) is 5.75 Å². The van der Waals surface area contributed by atoms with E-state index in [1.807, 2.05) is 48.7 Å². The zero-order valence-electron chi connectivity index (χ0n) is 16.4. The summed E-state index contributed by atoms with van der Waals surface area (Å²) in [5.74, 6) is 1.96. The highest BCUT2D eigenvalue weighted by atomic mass is 32.2. The average Bonchev–Trinajstić information content (AvgIpc) is 3.28. The van der Waals surface area contributed by atoms with Gasteiger partial charge in [0.2, 0.25) is 10.9 Å². The number of nitrogens with two attached hydrogens (primary N) is 2. The van der Waals surface area contributed by atoms with Gasteiger partial charge in [-0.25, -0.2) is 10.7 Å². The first-order valence-electron chi connectivity index (χ1n) is 9.77. The lowest BCUT2D eigenvalue weighted by atomic mass is 10.1. The van der Waals surface area contributed by atoms with Crippen LogP contribution in [0.15, 0.2) is 48.7 Å². The highest BCUT2D eigenvalue weighted by Crippen LogP contribution is 2.30. The van der Waals surface area contributed by atoms with Crippen molar-refractivity contribution in [3.8, 4) is 16.9 Å². The maximum absolute atomic E-state index is 8.29. The topological polar surface area (TPSA) is 101 Å². The molecule has 29 heavy (non-hydrogen) atoms. The van der Waals surface area contributed by atoms with Gasteiger partial charge >= 0.3 is 0 Å². The highest BCUT2D eigenvalue weighted by molar-refractivity contribution is 8.25. The fourth-order valence-electron chi connectivity index (χ4n) is 3.72. The standard InChI is InChI=1S/C22H23N5OS/c1-28-19-9-5-4-8-16(19)15-12-18-17(25-13-15)10-11-20(26-18)27-22(24)29-21(23)14-6-2-3-7-14/h4-5,8-14,23H,2-3,6-7H2,1H3,(H2,24,26,27)/p+2. The van der Waals surface area contributed by atoms with Gasteiger partial charge in [-0.15, -0.1) is 0 Å². The van der Waals surface area contributed by atoms with Crippen LogP contribution < -0.4 is 15.5 Å². The second kappa shape index (κ2) is 8.71. The summed E-state index contributed by atoms with van der Waals surface area (Å²) in [5, 5.41) is 17.5. The summed E-state index contributed by atoms with van der Waals surface area (Å²) in [7, 11) is 1.66. The Bertz CT molecular complexity index is 1060. The van der Waals surface area contributed by atoms with E-state index in [-0.39, 0.29) is 0 Å². The molecule has 1 aliphatic rings. The number of aromatic nitrogens is 2. The number of nitrogens with zero attached hydrogens (tertiary/aromatic N) is 2. The Hall–Kier alpha value is -2.77. The number of nitrogens with one attached hydrogen (secondary N) is 1. The number of methoxy groups -OCH3 is 1. The fraction of sp³-hybridized carbons (Fsp3) is 0.273. The molecule has 1 aliphatic carbocycles. The van der Waals surface area contributed by atoms with E-state index in [1.165, 1.54) is 24.6 Å². The van der Waals surface area contributed by atoms with E-state index in [2.05, 4.69) is 4.98 Å². The Labute approximate surface area is 174 Å². The van der Waals surface area contributed by atoms with Crippen LogP contribution in [-0.2, 0) is 0 Å². The molecule has 2 heterocycles. The van der Waals surface area contributed by atoms with Crippen molar-refractivity contribution >= 4 is 38.8 Å². The van der Waals surface area contributed by atoms with Crippen LogP contribution in [0.25, 0.3) is 22.2 Å². The number of ether oxygens (including phenoxy) is 1. The number of fused-ring (bicyclic) bond motifs is 1. The summed E-state index contributed by atoms with van der Waals surface area (Å²) in [5.41, 5.74) is 3.52. The maximum atomic E-state index is 8.29. The smallest absolute Gasteiger partial charge is 0.269 e. The monoisotopic (exact) mass is 407 g/mol. The zero-order chi connectivity index (χ0) is 20.2. The molecule has 3 aromatic rings. The van der Waals surface area contributed by atoms with Crippen molar-refractivity contribution in [1.29, 1.82) is 5.41 Å². The zero-order valence-corrected chi connectivity index (χ0v) is 17.2. The molecular weight excluding hydrogens is 382 g/mol. The minimum atomic E-state index is 0.412. The Morgan fingerprint density at radius 3 is 2.76 bits per heavy atom. The van der Waals surface area contributed by atoms with Crippen molar-refractivity contribution in [2.45, 2.75) is 25.7 Å². The van der Waals surface area contributed by atoms with Crippen molar-refractivity contribution in [1.82, 2.24) is 9.97 Å². The van der Waals surface area contributed by atoms with Crippen molar-refractivity contribution in [2.24, 2.45) is 5.92 Å². The minimum absolute atomic E-state index is 0.412. The summed E-state index contributed by atoms with van der Waals surface area (Å²) in [6.07, 6.45) is 6.57. The van der Waals surface area contributed by atoms with Crippen LogP contribution in [0.5, 0.6) is 5.75 Å². The summed E-state index contributed by atoms with van der Waals surface area (Å²) < 4.78 is 5.47. The molecule has 0 radical (unpaired) electrons. The SMILES string of the molecule is COc1ccccc1-c1cnc2ccc([NH2+]C(=N)SC(=[NH2+])C3CCCC3)nc2c1. The quantitative estimate of drug-likeness (QED) is 0.457. The van der Waals surface area contributed by atoms with Gasteiger partial charge in [-0.2, -0.15) is 4.98 Å². The molecule has 0 bridgehead atoms. The number of benzene rings is 1. The number of pyridine rings is 2. The number of para-hydroxylation sites is 1. The van der Waals surface area contributed by atoms with E-state index in [4.69, 9.17) is 20.5 Å². The van der Waals surface area contributed by atoms with Crippen molar-refractivity contribution in [3.05, 3.63) is 48.7 Å². The van der Waals surface area contributed by atoms with Crippen LogP contribution >= 0.6 is 11.8 Å². The van der Waals surface area contributed by atoms with E-state index in [1.54, 1.807) is 12.4 Å². The molecule has 2 aromatic heterocycles. The first kappa shape index (κ1) is 19.5. The molecule has 1 saturated carbocycles. The predicted molar refractivity (Wildman–Crippen MR) is 117 cm³/mol. The molecule has 0 aliphatic heterocycles. The second-order valence-electron chi connectivity index (χ2n) is 7.19. The Kier molecular flexibility index (Phi) is 5.87. The van der Waals surface area contributed by atoms with Gasteiger partial charge in [0.15, 0.2) is 0 Å². The minimum Gasteiger partial charge on any atom is -0.496 e. The normalized spacial score (nSPS) is 14.2. The van der Waals surface area contributed by atoms with E-state index >= 15 is 0 Å². The molecule has 4 rings (SSSR count). The van der Waals surface area contributed by atoms with Crippen molar-refractivity contribution in [3.63, 3.8) is 0 Å². The number of rotatable bonds is 4. The van der Waals surface area contributed by atoms with Crippen LogP contribution in [0.1, 0.15) is 25.7 Å². The third-order valence-electron chi connectivity index (χ3n) is 5.24. The Morgan fingerprint density at radius 1 is 1.17 bits per heavy atom. The van der Waals surface area contributed by atoms with Crippen LogP contribution in [0, 0.1) is 11.3 Å². The maximum Gasteiger partial charge on any atom is 0.269 e. The van der Waals surface area contributed by atoms with E-state index in [0.717, 1.165) is 51.6 Å². The summed E-state index contributed by atoms with van der Waals surface area (Å²) in [6, 6.07) is 13.7. The van der Waals surface area contributed by atoms with Crippen LogP contribution in [-0.4, -0.2) is 27.3 Å². The summed E-state index contributed by atoms with van der Waals surface area (Å²) in [4.78, 5) is 9.24. The Balaban J connectivity index is 1.53. The lowest BCUT2D eigenvalue weighted by Gasteiger charge is -2.09. The summed E-state index contributed by atoms with van der Waals surface area (Å²) in [6.45, 7) is 0. The molecule has 0 unspecified atom stereocenters. The molecule has 0 spiro atoms. The first-order valence-corrected chi connectivity index (χ1v) is 10.6. The third kappa shape index (κ3) is 4.46. The second-order valence-corrected chi connectivity index (χ2v) is 8.31. The van der Waals surface area contributed by atoms with Crippen LogP contribution in [0.4, 0.5) is 5.82 Å². The van der Waals surface area contributed by atoms with Gasteiger partial charge in [-0.05, 0) is 31.0 Å². The molecule has 1 fully saturated rings. The van der Waals surface area contributed by atoms with E-state index in [0.29, 0.717) is 11.1 Å². The van der Waals surface area contributed by atoms with Crippen molar-refractivity contribution < 1.29 is 15.5 Å². The molecule has 6 nitrogen and oxygen atoms in total. The number of quaternary nitrogens is 1. The van der Waals surface area contributed by atoms with Gasteiger partial charge < -0.3 is 4.74 Å². The van der Waals surface area contributed by atoms with Crippen molar-refractivity contribution in [2.75, 3.05) is 7.11 Å². The lowest BCUT2D eigenvalue weighted by molar-refractivity contribution is -0.442. The highest BCUT2D eigenvalue weighted by Gasteiger charge is 2.27. The molecule has 0 amide bonds. The molecule has 7 heteroatoms. The number of hydrogen-bond acceptors (Lipinski definition) is 5. The summed E-state index contributed by atoms with van der Waals surface area (Å²) >= 11 is 1.35. The number of hydrogen-bond donors (Lipinski definition) is 3. The molecule has 5 N–H and O–H groups in total. The van der Waals surface area contributed by atoms with E-state index in [9.17, 15) is 0 Å². The molecular formula is C22H25N5OS+2.